The lowest BCUT2D eigenvalue weighted by Gasteiger charge is -2.37. The third kappa shape index (κ3) is 5.05. The Morgan fingerprint density at radius 2 is 1.81 bits per heavy atom. The molecule has 2 rings (SSSR count). The minimum atomic E-state index is -2.26. The summed E-state index contributed by atoms with van der Waals surface area (Å²) in [6, 6.07) is 6.66. The van der Waals surface area contributed by atoms with Gasteiger partial charge in [-0.25, -0.2) is 9.97 Å². The zero-order valence-electron chi connectivity index (χ0n) is 13.9. The number of nitrogens with two attached hydrogens (primary N) is 1. The van der Waals surface area contributed by atoms with Crippen molar-refractivity contribution in [3.05, 3.63) is 54.1 Å². The Balaban J connectivity index is 2.41. The molecule has 1 aromatic carbocycles. The van der Waals surface area contributed by atoms with Gasteiger partial charge < -0.3 is 10.6 Å². The lowest BCUT2D eigenvalue weighted by atomic mass is 10.1. The second-order valence-corrected chi connectivity index (χ2v) is 7.72. The number of hydrogen-bond acceptors (Lipinski definition) is 6. The summed E-state index contributed by atoms with van der Waals surface area (Å²) in [5.74, 6) is -0.930. The van der Waals surface area contributed by atoms with Crippen LogP contribution >= 0.6 is 34.8 Å². The van der Waals surface area contributed by atoms with E-state index >= 15 is 0 Å². The number of nitrogens with one attached hydrogen (secondary N) is 2. The molecule has 2 aromatic rings. The summed E-state index contributed by atoms with van der Waals surface area (Å²) >= 11 is 18.1. The van der Waals surface area contributed by atoms with Crippen LogP contribution in [-0.4, -0.2) is 31.2 Å². The summed E-state index contributed by atoms with van der Waals surface area (Å²) in [6.07, 6.45) is 5.64. The number of hydrogen-bond donors (Lipinski definition) is 3. The van der Waals surface area contributed by atoms with E-state index < -0.39 is 15.4 Å². The topological polar surface area (TPSA) is 129 Å². The summed E-state index contributed by atoms with van der Waals surface area (Å²) in [5.41, 5.74) is 5.61. The zero-order valence-corrected chi connectivity index (χ0v) is 16.2. The number of carbonyl (C=O) groups excluding carboxylic acids is 1. The number of alkyl halides is 3. The molecule has 0 saturated carbocycles. The molecule has 8 nitrogen and oxygen atoms in total. The van der Waals surface area contributed by atoms with Gasteiger partial charge in [0.2, 0.25) is 9.99 Å². The van der Waals surface area contributed by atoms with Gasteiger partial charge in [0.1, 0.15) is 6.33 Å². The predicted molar refractivity (Wildman–Crippen MR) is 105 cm³/mol. The molecule has 0 spiro atoms. The van der Waals surface area contributed by atoms with Gasteiger partial charge in [-0.2, -0.15) is 10.3 Å². The minimum absolute atomic E-state index is 0.282. The summed E-state index contributed by atoms with van der Waals surface area (Å²) < 4.78 is -2.26. The summed E-state index contributed by atoms with van der Waals surface area (Å²) in [7, 11) is 0. The molecule has 0 aliphatic heterocycles. The van der Waals surface area contributed by atoms with Gasteiger partial charge in [-0.15, -0.1) is 0 Å². The van der Waals surface area contributed by atoms with Crippen LogP contribution < -0.4 is 16.4 Å². The first-order valence-electron chi connectivity index (χ1n) is 7.41. The molecular formula is C16H14Cl3N7O. The molecule has 1 aromatic heterocycles. The molecule has 0 aliphatic carbocycles. The highest BCUT2D eigenvalue weighted by Crippen LogP contribution is 2.36. The van der Waals surface area contributed by atoms with E-state index in [1.807, 2.05) is 6.92 Å². The smallest absolute Gasteiger partial charge is 0.253 e. The van der Waals surface area contributed by atoms with Gasteiger partial charge in [-0.1, -0.05) is 52.5 Å². The van der Waals surface area contributed by atoms with Crippen molar-refractivity contribution in [3.8, 4) is 6.19 Å². The highest BCUT2D eigenvalue weighted by molar-refractivity contribution is 6.69. The average molecular weight is 427 g/mol. The monoisotopic (exact) mass is 425 g/mol. The molecule has 27 heavy (non-hydrogen) atoms. The summed E-state index contributed by atoms with van der Waals surface area (Å²) in [6.45, 7) is 1.87. The molecule has 0 fully saturated rings. The third-order valence-corrected chi connectivity index (χ3v) is 4.32. The normalized spacial score (nSPS) is 14.0. The van der Waals surface area contributed by atoms with Gasteiger partial charge >= 0.3 is 0 Å². The fourth-order valence-corrected chi connectivity index (χ4v) is 2.40. The Hall–Kier alpha value is -2.44. The molecule has 1 atom stereocenters. The number of aliphatic imine (C=N–C) groups is 1. The first kappa shape index (κ1) is 20.9. The number of amidine groups is 1. The van der Waals surface area contributed by atoms with Gasteiger partial charge in [0.25, 0.3) is 5.91 Å². The molecule has 0 radical (unpaired) electrons. The van der Waals surface area contributed by atoms with E-state index in [-0.39, 0.29) is 11.4 Å². The Bertz CT molecular complexity index is 876. The van der Waals surface area contributed by atoms with Crippen LogP contribution in [-0.2, 0) is 0 Å². The van der Waals surface area contributed by atoms with Crippen LogP contribution in [0.2, 0.25) is 0 Å². The predicted octanol–water partition coefficient (Wildman–Crippen LogP) is 2.53. The van der Waals surface area contributed by atoms with E-state index in [4.69, 9.17) is 45.8 Å². The molecule has 1 heterocycles. The number of nitrogens with zero attached hydrogens (tertiary/aromatic N) is 4. The van der Waals surface area contributed by atoms with E-state index in [9.17, 15) is 4.79 Å². The maximum absolute atomic E-state index is 12.6. The fourth-order valence-electron chi connectivity index (χ4n) is 1.99. The number of aryl methyl sites for hydroxylation is 1. The van der Waals surface area contributed by atoms with E-state index in [1.165, 1.54) is 18.7 Å². The molecule has 0 saturated heterocycles. The Morgan fingerprint density at radius 1 is 1.22 bits per heavy atom. The number of benzene rings is 1. The van der Waals surface area contributed by atoms with E-state index in [1.54, 1.807) is 30.5 Å². The van der Waals surface area contributed by atoms with Crippen molar-refractivity contribution in [1.29, 1.82) is 5.26 Å². The summed E-state index contributed by atoms with van der Waals surface area (Å²) in [4.78, 5) is 23.8. The minimum Gasteiger partial charge on any atom is -0.337 e. The van der Waals surface area contributed by atoms with Crippen LogP contribution in [0.3, 0.4) is 0 Å². The molecule has 4 N–H and O–H groups in total. The second-order valence-electron chi connectivity index (χ2n) is 5.44. The van der Waals surface area contributed by atoms with Crippen LogP contribution in [0.25, 0.3) is 0 Å². The van der Waals surface area contributed by atoms with Crippen LogP contribution in [0.5, 0.6) is 0 Å². The number of halogens is 3. The fraction of sp³-hybridized carbons (Fsp3) is 0.188. The number of aromatic nitrogens is 2. The number of rotatable bonds is 4. The van der Waals surface area contributed by atoms with Crippen LogP contribution in [0.4, 0.5) is 5.69 Å². The molecule has 1 amide bonds. The largest absolute Gasteiger partial charge is 0.337 e. The SMILES string of the molecule is Cc1ccc(C(=O)N[C@](N)(C(=NC#N)Nc2cncnc2)C(Cl)(Cl)Cl)cc1. The number of amides is 1. The van der Waals surface area contributed by atoms with Crippen LogP contribution in [0, 0.1) is 18.4 Å². The Kier molecular flexibility index (Phi) is 6.57. The highest BCUT2D eigenvalue weighted by atomic mass is 35.6. The highest BCUT2D eigenvalue weighted by Gasteiger charge is 2.51. The van der Waals surface area contributed by atoms with Gasteiger partial charge in [-0.05, 0) is 19.1 Å². The molecule has 0 unspecified atom stereocenters. The number of carbonyl (C=O) groups is 1. The van der Waals surface area contributed by atoms with Crippen molar-refractivity contribution in [2.75, 3.05) is 5.32 Å². The van der Waals surface area contributed by atoms with Crippen molar-refractivity contribution < 1.29 is 4.79 Å². The molecular weight excluding hydrogens is 413 g/mol. The Morgan fingerprint density at radius 3 is 2.33 bits per heavy atom. The van der Waals surface area contributed by atoms with Crippen LogP contribution in [0.1, 0.15) is 15.9 Å². The number of anilines is 1. The van der Waals surface area contributed by atoms with Crippen molar-refractivity contribution in [2.45, 2.75) is 16.4 Å². The maximum Gasteiger partial charge on any atom is 0.253 e. The molecule has 0 bridgehead atoms. The quantitative estimate of drug-likeness (QED) is 0.226. The van der Waals surface area contributed by atoms with Gasteiger partial charge in [0.15, 0.2) is 11.5 Å². The molecule has 140 valence electrons. The van der Waals surface area contributed by atoms with E-state index in [0.717, 1.165) is 5.56 Å². The zero-order chi connectivity index (χ0) is 20.1. The lowest BCUT2D eigenvalue weighted by Crippen LogP contribution is -2.70. The first-order valence-corrected chi connectivity index (χ1v) is 8.55. The van der Waals surface area contributed by atoms with Gasteiger partial charge in [-0.3, -0.25) is 10.5 Å². The van der Waals surface area contributed by atoms with E-state index in [2.05, 4.69) is 25.6 Å². The maximum atomic E-state index is 12.6. The first-order chi connectivity index (χ1) is 12.7. The summed E-state index contributed by atoms with van der Waals surface area (Å²) in [5, 5.41) is 14.2. The van der Waals surface area contributed by atoms with Crippen LogP contribution in [0.15, 0.2) is 48.0 Å². The number of nitriles is 1. The van der Waals surface area contributed by atoms with Gasteiger partial charge in [0, 0.05) is 5.56 Å². The molecule has 0 aliphatic rings. The lowest BCUT2D eigenvalue weighted by molar-refractivity contribution is 0.0925. The van der Waals surface area contributed by atoms with Crippen molar-refractivity contribution >= 4 is 52.2 Å². The van der Waals surface area contributed by atoms with Crippen molar-refractivity contribution in [2.24, 2.45) is 10.7 Å². The van der Waals surface area contributed by atoms with E-state index in [0.29, 0.717) is 5.69 Å². The van der Waals surface area contributed by atoms with Crippen molar-refractivity contribution in [1.82, 2.24) is 15.3 Å². The molecule has 11 heteroatoms. The van der Waals surface area contributed by atoms with Gasteiger partial charge in [0.05, 0.1) is 18.1 Å². The second kappa shape index (κ2) is 8.50. The Labute approximate surface area is 170 Å². The standard InChI is InChI=1S/C16H14Cl3N7O/c1-10-2-4-11(5-3-10)13(27)26-15(21,16(17,18)19)14(24-8-20)25-12-6-22-9-23-7-12/h2-7,9H,21H2,1H3,(H,24,25)(H,26,27)/t15-/m1/s1. The van der Waals surface area contributed by atoms with Crippen molar-refractivity contribution in [3.63, 3.8) is 0 Å². The average Bonchev–Trinajstić information content (AvgIpc) is 2.61. The third-order valence-electron chi connectivity index (χ3n) is 3.43.